The quantitative estimate of drug-likeness (QED) is 0.925. The van der Waals surface area contributed by atoms with Gasteiger partial charge in [0.15, 0.2) is 0 Å². The highest BCUT2D eigenvalue weighted by atomic mass is 19.1. The third-order valence-electron chi connectivity index (χ3n) is 4.12. The molecule has 1 heterocycles. The van der Waals surface area contributed by atoms with E-state index in [9.17, 15) is 22.8 Å². The predicted octanol–water partition coefficient (Wildman–Crippen LogP) is 3.35. The standard InChI is InChI=1S/C18H15F3N2O2/c19-12-8-6-11(7-9-12)18(25)23-10-2-5-15(23)17(24)22-16-13(20)3-1-4-14(16)21/h1,3-4,6-9,15H,2,5,10H2,(H,22,24). The molecule has 1 atom stereocenters. The molecule has 1 N–H and O–H groups in total. The van der Waals surface area contributed by atoms with Crippen LogP contribution in [0.4, 0.5) is 18.9 Å². The molecule has 2 aromatic rings. The summed E-state index contributed by atoms with van der Waals surface area (Å²) < 4.78 is 40.4. The summed E-state index contributed by atoms with van der Waals surface area (Å²) in [5.74, 6) is -3.32. The number of amides is 2. The summed E-state index contributed by atoms with van der Waals surface area (Å²) in [5.41, 5.74) is -0.285. The lowest BCUT2D eigenvalue weighted by Crippen LogP contribution is -2.43. The van der Waals surface area contributed by atoms with Crippen molar-refractivity contribution >= 4 is 17.5 Å². The Balaban J connectivity index is 1.78. The van der Waals surface area contributed by atoms with Crippen molar-refractivity contribution in [2.24, 2.45) is 0 Å². The van der Waals surface area contributed by atoms with Crippen LogP contribution < -0.4 is 5.32 Å². The molecule has 4 nitrogen and oxygen atoms in total. The lowest BCUT2D eigenvalue weighted by atomic mass is 10.1. The van der Waals surface area contributed by atoms with Gasteiger partial charge in [0.2, 0.25) is 5.91 Å². The van der Waals surface area contributed by atoms with Crippen LogP contribution in [0.25, 0.3) is 0 Å². The number of hydrogen-bond donors (Lipinski definition) is 1. The van der Waals surface area contributed by atoms with Gasteiger partial charge in [0, 0.05) is 12.1 Å². The van der Waals surface area contributed by atoms with Crippen LogP contribution in [-0.4, -0.2) is 29.3 Å². The van der Waals surface area contributed by atoms with Gasteiger partial charge in [-0.2, -0.15) is 0 Å². The first-order chi connectivity index (χ1) is 12.0. The third-order valence-corrected chi connectivity index (χ3v) is 4.12. The zero-order valence-corrected chi connectivity index (χ0v) is 13.1. The molecule has 0 saturated carbocycles. The fraction of sp³-hybridized carbons (Fsp3) is 0.222. The van der Waals surface area contributed by atoms with Crippen LogP contribution in [0.1, 0.15) is 23.2 Å². The van der Waals surface area contributed by atoms with Crippen molar-refractivity contribution in [3.8, 4) is 0 Å². The second kappa shape index (κ2) is 6.96. The monoisotopic (exact) mass is 348 g/mol. The highest BCUT2D eigenvalue weighted by Crippen LogP contribution is 2.24. The van der Waals surface area contributed by atoms with E-state index >= 15 is 0 Å². The Morgan fingerprint density at radius 1 is 1.00 bits per heavy atom. The molecular weight excluding hydrogens is 333 g/mol. The average molecular weight is 348 g/mol. The first-order valence-electron chi connectivity index (χ1n) is 7.79. The first kappa shape index (κ1) is 17.0. The van der Waals surface area contributed by atoms with Crippen LogP contribution in [0.15, 0.2) is 42.5 Å². The molecule has 1 aliphatic rings. The van der Waals surface area contributed by atoms with Crippen molar-refractivity contribution in [2.75, 3.05) is 11.9 Å². The SMILES string of the molecule is O=C(Nc1c(F)cccc1F)C1CCCN1C(=O)c1ccc(F)cc1. The van der Waals surface area contributed by atoms with E-state index in [0.717, 1.165) is 24.3 Å². The molecule has 0 aromatic heterocycles. The van der Waals surface area contributed by atoms with Gasteiger partial charge in [0.05, 0.1) is 0 Å². The van der Waals surface area contributed by atoms with Gasteiger partial charge in [-0.3, -0.25) is 9.59 Å². The zero-order valence-electron chi connectivity index (χ0n) is 13.1. The van der Waals surface area contributed by atoms with E-state index in [0.29, 0.717) is 19.4 Å². The topological polar surface area (TPSA) is 49.4 Å². The number of carbonyl (C=O) groups is 2. The number of nitrogens with one attached hydrogen (secondary N) is 1. The van der Waals surface area contributed by atoms with Crippen LogP contribution >= 0.6 is 0 Å². The minimum absolute atomic E-state index is 0.248. The number of likely N-dealkylation sites (tertiary alicyclic amines) is 1. The molecule has 2 amide bonds. The summed E-state index contributed by atoms with van der Waals surface area (Å²) in [5, 5.41) is 2.22. The van der Waals surface area contributed by atoms with Crippen LogP contribution in [0, 0.1) is 17.5 Å². The van der Waals surface area contributed by atoms with Gasteiger partial charge in [0.1, 0.15) is 29.2 Å². The number of halogens is 3. The number of para-hydroxylation sites is 1. The average Bonchev–Trinajstić information content (AvgIpc) is 3.08. The van der Waals surface area contributed by atoms with Gasteiger partial charge in [-0.1, -0.05) is 6.07 Å². The maximum absolute atomic E-state index is 13.7. The van der Waals surface area contributed by atoms with E-state index in [1.807, 2.05) is 0 Å². The minimum atomic E-state index is -0.886. The smallest absolute Gasteiger partial charge is 0.254 e. The molecule has 25 heavy (non-hydrogen) atoms. The highest BCUT2D eigenvalue weighted by Gasteiger charge is 2.35. The van der Waals surface area contributed by atoms with E-state index in [1.54, 1.807) is 0 Å². The lowest BCUT2D eigenvalue weighted by Gasteiger charge is -2.24. The zero-order chi connectivity index (χ0) is 18.0. The Hall–Kier alpha value is -2.83. The number of hydrogen-bond acceptors (Lipinski definition) is 2. The van der Waals surface area contributed by atoms with Gasteiger partial charge in [-0.15, -0.1) is 0 Å². The van der Waals surface area contributed by atoms with E-state index < -0.39 is 41.0 Å². The van der Waals surface area contributed by atoms with Gasteiger partial charge in [-0.05, 0) is 49.2 Å². The van der Waals surface area contributed by atoms with Gasteiger partial charge in [-0.25, -0.2) is 13.2 Å². The first-order valence-corrected chi connectivity index (χ1v) is 7.79. The number of benzene rings is 2. The second-order valence-electron chi connectivity index (χ2n) is 5.75. The molecule has 0 radical (unpaired) electrons. The maximum atomic E-state index is 13.7. The molecule has 3 rings (SSSR count). The van der Waals surface area contributed by atoms with Crippen molar-refractivity contribution < 1.29 is 22.8 Å². The Labute approximate surface area is 142 Å². The minimum Gasteiger partial charge on any atom is -0.327 e. The Kier molecular flexibility index (Phi) is 4.74. The van der Waals surface area contributed by atoms with Crippen molar-refractivity contribution in [3.05, 3.63) is 65.5 Å². The molecule has 7 heteroatoms. The van der Waals surface area contributed by atoms with E-state index in [-0.39, 0.29) is 5.56 Å². The summed E-state index contributed by atoms with van der Waals surface area (Å²) in [6, 6.07) is 7.42. The number of rotatable bonds is 3. The Bertz CT molecular complexity index is 788. The fourth-order valence-corrected chi connectivity index (χ4v) is 2.86. The lowest BCUT2D eigenvalue weighted by molar-refractivity contribution is -0.119. The highest BCUT2D eigenvalue weighted by molar-refractivity contribution is 6.01. The summed E-state index contributed by atoms with van der Waals surface area (Å²) in [7, 11) is 0. The second-order valence-corrected chi connectivity index (χ2v) is 5.75. The van der Waals surface area contributed by atoms with Crippen LogP contribution in [-0.2, 0) is 4.79 Å². The largest absolute Gasteiger partial charge is 0.327 e. The number of nitrogens with zero attached hydrogens (tertiary/aromatic N) is 1. The molecule has 1 aliphatic heterocycles. The van der Waals surface area contributed by atoms with Crippen molar-refractivity contribution in [3.63, 3.8) is 0 Å². The number of anilines is 1. The van der Waals surface area contributed by atoms with Crippen molar-refractivity contribution in [1.82, 2.24) is 4.90 Å². The molecule has 130 valence electrons. The van der Waals surface area contributed by atoms with Crippen molar-refractivity contribution in [2.45, 2.75) is 18.9 Å². The van der Waals surface area contributed by atoms with E-state index in [4.69, 9.17) is 0 Å². The molecule has 1 fully saturated rings. The molecule has 0 spiro atoms. The van der Waals surface area contributed by atoms with Crippen LogP contribution in [0.3, 0.4) is 0 Å². The molecule has 1 unspecified atom stereocenters. The van der Waals surface area contributed by atoms with Crippen LogP contribution in [0.5, 0.6) is 0 Å². The Morgan fingerprint density at radius 3 is 2.28 bits per heavy atom. The summed E-state index contributed by atoms with van der Waals surface area (Å²) in [4.78, 5) is 26.3. The van der Waals surface area contributed by atoms with Gasteiger partial charge < -0.3 is 10.2 Å². The van der Waals surface area contributed by atoms with Gasteiger partial charge in [0.25, 0.3) is 5.91 Å². The van der Waals surface area contributed by atoms with E-state index in [2.05, 4.69) is 5.32 Å². The molecule has 1 saturated heterocycles. The summed E-state index contributed by atoms with van der Waals surface area (Å²) in [6.45, 7) is 0.341. The number of carbonyl (C=O) groups excluding carboxylic acids is 2. The fourth-order valence-electron chi connectivity index (χ4n) is 2.86. The Morgan fingerprint density at radius 2 is 1.64 bits per heavy atom. The molecule has 0 bridgehead atoms. The molecule has 0 aliphatic carbocycles. The van der Waals surface area contributed by atoms with Gasteiger partial charge >= 0.3 is 0 Å². The van der Waals surface area contributed by atoms with Crippen molar-refractivity contribution in [1.29, 1.82) is 0 Å². The predicted molar refractivity (Wildman–Crippen MR) is 85.4 cm³/mol. The summed E-state index contributed by atoms with van der Waals surface area (Å²) in [6.07, 6.45) is 0.972. The van der Waals surface area contributed by atoms with Crippen LogP contribution in [0.2, 0.25) is 0 Å². The maximum Gasteiger partial charge on any atom is 0.254 e. The normalized spacial score (nSPS) is 16.8. The third kappa shape index (κ3) is 3.50. The van der Waals surface area contributed by atoms with E-state index in [1.165, 1.54) is 23.1 Å². The molecule has 2 aromatic carbocycles. The summed E-state index contributed by atoms with van der Waals surface area (Å²) >= 11 is 0. The molecular formula is C18H15F3N2O2.